The highest BCUT2D eigenvalue weighted by Gasteiger charge is 2.26. The molecule has 1 unspecified atom stereocenters. The molecule has 1 aromatic carbocycles. The Morgan fingerprint density at radius 1 is 1.26 bits per heavy atom. The Morgan fingerprint density at radius 2 is 2.10 bits per heavy atom. The summed E-state index contributed by atoms with van der Waals surface area (Å²) in [5, 5.41) is 6.68. The molecular formula is C23H27FN6O. The van der Waals surface area contributed by atoms with Crippen molar-refractivity contribution < 1.29 is 8.81 Å². The Morgan fingerprint density at radius 3 is 2.87 bits per heavy atom. The molecule has 2 aromatic heterocycles. The molecule has 1 aliphatic heterocycles. The number of pyridine rings is 1. The lowest BCUT2D eigenvalue weighted by Gasteiger charge is -2.19. The summed E-state index contributed by atoms with van der Waals surface area (Å²) >= 11 is 0. The van der Waals surface area contributed by atoms with Crippen molar-refractivity contribution in [1.29, 1.82) is 0 Å². The van der Waals surface area contributed by atoms with Crippen LogP contribution in [0.3, 0.4) is 0 Å². The number of aryl methyl sites for hydroxylation is 1. The molecular weight excluding hydrogens is 395 g/mol. The van der Waals surface area contributed by atoms with Gasteiger partial charge >= 0.3 is 0 Å². The summed E-state index contributed by atoms with van der Waals surface area (Å²) in [6, 6.07) is 11.3. The summed E-state index contributed by atoms with van der Waals surface area (Å²) < 4.78 is 19.9. The number of aromatic nitrogens is 2. The molecule has 31 heavy (non-hydrogen) atoms. The summed E-state index contributed by atoms with van der Waals surface area (Å²) in [6.45, 7) is 6.53. The van der Waals surface area contributed by atoms with Crippen LogP contribution in [0.4, 0.5) is 10.2 Å². The number of rotatable bonds is 6. The van der Waals surface area contributed by atoms with Gasteiger partial charge in [0.1, 0.15) is 6.54 Å². The smallest absolute Gasteiger partial charge is 0.216 e. The molecule has 7 nitrogen and oxygen atoms in total. The second-order valence-corrected chi connectivity index (χ2v) is 7.56. The van der Waals surface area contributed by atoms with Crippen LogP contribution >= 0.6 is 0 Å². The molecule has 2 N–H and O–H groups in total. The van der Waals surface area contributed by atoms with Crippen molar-refractivity contribution in [3.05, 3.63) is 66.1 Å². The van der Waals surface area contributed by atoms with Crippen LogP contribution in [0, 0.1) is 12.7 Å². The SMILES string of the molecule is CCNC(=NCc1ncc(-c2ccc(C)cc2)o1)NC1CCN(c2ncccc2F)C1. The van der Waals surface area contributed by atoms with Crippen LogP contribution in [0.2, 0.25) is 0 Å². The molecule has 1 fully saturated rings. The summed E-state index contributed by atoms with van der Waals surface area (Å²) in [7, 11) is 0. The predicted molar refractivity (Wildman–Crippen MR) is 119 cm³/mol. The number of hydrogen-bond donors (Lipinski definition) is 2. The third-order valence-corrected chi connectivity index (χ3v) is 5.17. The molecule has 0 radical (unpaired) electrons. The maximum atomic E-state index is 14.0. The number of hydrogen-bond acceptors (Lipinski definition) is 5. The number of anilines is 1. The topological polar surface area (TPSA) is 78.6 Å². The van der Waals surface area contributed by atoms with Crippen molar-refractivity contribution in [3.63, 3.8) is 0 Å². The van der Waals surface area contributed by atoms with E-state index in [1.54, 1.807) is 18.5 Å². The van der Waals surface area contributed by atoms with Gasteiger partial charge < -0.3 is 20.0 Å². The zero-order chi connectivity index (χ0) is 21.6. The number of benzene rings is 1. The van der Waals surface area contributed by atoms with E-state index in [0.29, 0.717) is 30.8 Å². The van der Waals surface area contributed by atoms with Gasteiger partial charge in [0.15, 0.2) is 23.4 Å². The second kappa shape index (κ2) is 9.59. The second-order valence-electron chi connectivity index (χ2n) is 7.56. The quantitative estimate of drug-likeness (QED) is 0.468. The van der Waals surface area contributed by atoms with E-state index in [0.717, 1.165) is 30.8 Å². The first-order valence-electron chi connectivity index (χ1n) is 10.5. The molecule has 3 heterocycles. The van der Waals surface area contributed by atoms with Gasteiger partial charge in [0.25, 0.3) is 0 Å². The highest BCUT2D eigenvalue weighted by atomic mass is 19.1. The molecule has 1 atom stereocenters. The van der Waals surface area contributed by atoms with Crippen molar-refractivity contribution in [2.75, 3.05) is 24.5 Å². The third-order valence-electron chi connectivity index (χ3n) is 5.17. The fraction of sp³-hybridized carbons (Fsp3) is 0.348. The minimum Gasteiger partial charge on any atom is -0.439 e. The first kappa shape index (κ1) is 20.8. The van der Waals surface area contributed by atoms with Crippen LogP contribution in [0.1, 0.15) is 24.8 Å². The molecule has 0 bridgehead atoms. The number of aliphatic imine (C=N–C) groups is 1. The Labute approximate surface area is 181 Å². The van der Waals surface area contributed by atoms with Gasteiger partial charge in [0.2, 0.25) is 5.89 Å². The van der Waals surface area contributed by atoms with Gasteiger partial charge in [-0.1, -0.05) is 29.8 Å². The van der Waals surface area contributed by atoms with Crippen LogP contribution in [0.5, 0.6) is 0 Å². The molecule has 0 spiro atoms. The van der Waals surface area contributed by atoms with Gasteiger partial charge in [-0.2, -0.15) is 0 Å². The van der Waals surface area contributed by atoms with E-state index in [1.165, 1.54) is 11.6 Å². The van der Waals surface area contributed by atoms with Gasteiger partial charge in [-0.15, -0.1) is 0 Å². The van der Waals surface area contributed by atoms with E-state index in [4.69, 9.17) is 4.42 Å². The zero-order valence-electron chi connectivity index (χ0n) is 17.8. The molecule has 4 rings (SSSR count). The minimum absolute atomic E-state index is 0.145. The van der Waals surface area contributed by atoms with Gasteiger partial charge in [-0.3, -0.25) is 0 Å². The fourth-order valence-electron chi connectivity index (χ4n) is 3.58. The maximum Gasteiger partial charge on any atom is 0.216 e. The van der Waals surface area contributed by atoms with Crippen LogP contribution in [0.15, 0.2) is 58.2 Å². The molecule has 162 valence electrons. The monoisotopic (exact) mass is 422 g/mol. The first-order valence-corrected chi connectivity index (χ1v) is 10.5. The number of oxazole rings is 1. The van der Waals surface area contributed by atoms with Gasteiger partial charge in [0, 0.05) is 37.4 Å². The Kier molecular flexibility index (Phi) is 6.45. The van der Waals surface area contributed by atoms with Gasteiger partial charge in [-0.25, -0.2) is 19.4 Å². The van der Waals surface area contributed by atoms with E-state index in [1.807, 2.05) is 36.1 Å². The standard InChI is InChI=1S/C23H27FN6O/c1-3-25-23(29-18-10-12-30(15-18)22-19(24)5-4-11-26-22)28-14-21-27-13-20(31-21)17-8-6-16(2)7-9-17/h4-9,11,13,18H,3,10,12,14-15H2,1-2H3,(H2,25,28,29). The summed E-state index contributed by atoms with van der Waals surface area (Å²) in [6.07, 6.45) is 4.22. The zero-order valence-corrected chi connectivity index (χ0v) is 17.8. The number of halogens is 1. The molecule has 0 amide bonds. The molecule has 0 aliphatic carbocycles. The van der Waals surface area contributed by atoms with E-state index in [-0.39, 0.29) is 11.9 Å². The van der Waals surface area contributed by atoms with Crippen molar-refractivity contribution in [2.45, 2.75) is 32.9 Å². The van der Waals surface area contributed by atoms with Gasteiger partial charge in [0.05, 0.1) is 6.20 Å². The predicted octanol–water partition coefficient (Wildman–Crippen LogP) is 3.52. The molecule has 1 aliphatic rings. The van der Waals surface area contributed by atoms with E-state index in [9.17, 15) is 4.39 Å². The summed E-state index contributed by atoms with van der Waals surface area (Å²) in [5.74, 6) is 2.07. The van der Waals surface area contributed by atoms with Crippen molar-refractivity contribution in [3.8, 4) is 11.3 Å². The fourth-order valence-corrected chi connectivity index (χ4v) is 3.58. The Bertz CT molecular complexity index is 1030. The van der Waals surface area contributed by atoms with Crippen molar-refractivity contribution in [2.24, 2.45) is 4.99 Å². The Balaban J connectivity index is 1.38. The lowest BCUT2D eigenvalue weighted by Crippen LogP contribution is -2.44. The van der Waals surface area contributed by atoms with Gasteiger partial charge in [-0.05, 0) is 32.4 Å². The number of nitrogens with one attached hydrogen (secondary N) is 2. The van der Waals surface area contributed by atoms with E-state index in [2.05, 4.69) is 32.5 Å². The average Bonchev–Trinajstić information content (AvgIpc) is 3.43. The first-order chi connectivity index (χ1) is 15.1. The summed E-state index contributed by atoms with van der Waals surface area (Å²) in [4.78, 5) is 15.1. The Hall–Kier alpha value is -3.42. The number of guanidine groups is 1. The van der Waals surface area contributed by atoms with E-state index >= 15 is 0 Å². The molecule has 8 heteroatoms. The third kappa shape index (κ3) is 5.20. The molecule has 0 saturated carbocycles. The normalized spacial score (nSPS) is 16.5. The van der Waals surface area contributed by atoms with Crippen LogP contribution in [-0.4, -0.2) is 41.6 Å². The lowest BCUT2D eigenvalue weighted by molar-refractivity contribution is 0.508. The van der Waals surface area contributed by atoms with Crippen molar-refractivity contribution in [1.82, 2.24) is 20.6 Å². The van der Waals surface area contributed by atoms with Crippen LogP contribution in [0.25, 0.3) is 11.3 Å². The highest BCUT2D eigenvalue weighted by molar-refractivity contribution is 5.80. The summed E-state index contributed by atoms with van der Waals surface area (Å²) in [5.41, 5.74) is 2.19. The lowest BCUT2D eigenvalue weighted by atomic mass is 10.1. The van der Waals surface area contributed by atoms with Crippen molar-refractivity contribution >= 4 is 11.8 Å². The van der Waals surface area contributed by atoms with Crippen LogP contribution in [-0.2, 0) is 6.54 Å². The minimum atomic E-state index is -0.294. The largest absolute Gasteiger partial charge is 0.439 e. The van der Waals surface area contributed by atoms with E-state index < -0.39 is 0 Å². The number of nitrogens with zero attached hydrogens (tertiary/aromatic N) is 4. The molecule has 1 saturated heterocycles. The maximum absolute atomic E-state index is 14.0. The molecule has 3 aromatic rings. The van der Waals surface area contributed by atoms with Crippen LogP contribution < -0.4 is 15.5 Å². The highest BCUT2D eigenvalue weighted by Crippen LogP contribution is 2.22. The average molecular weight is 423 g/mol.